The molecule has 3 N–H and O–H groups in total. The van der Waals surface area contributed by atoms with Gasteiger partial charge in [0.25, 0.3) is 0 Å². The summed E-state index contributed by atoms with van der Waals surface area (Å²) in [6, 6.07) is 0.350. The molecule has 0 aliphatic carbocycles. The number of hydrazine groups is 1. The predicted molar refractivity (Wildman–Crippen MR) is 78.1 cm³/mol. The number of nitrogens with two attached hydrogens (primary N) is 1. The van der Waals surface area contributed by atoms with Crippen LogP contribution in [0.3, 0.4) is 0 Å². The van der Waals surface area contributed by atoms with Crippen molar-refractivity contribution in [2.24, 2.45) is 11.8 Å². The number of aromatic nitrogens is 3. The zero-order chi connectivity index (χ0) is 14.0. The van der Waals surface area contributed by atoms with Gasteiger partial charge in [-0.1, -0.05) is 13.8 Å². The van der Waals surface area contributed by atoms with Gasteiger partial charge in [0.05, 0.1) is 6.20 Å². The summed E-state index contributed by atoms with van der Waals surface area (Å²) in [7, 11) is 0. The molecule has 0 spiro atoms. The number of hydrogen-bond acceptors (Lipinski definition) is 5. The summed E-state index contributed by atoms with van der Waals surface area (Å²) in [4.78, 5) is 11.2. The van der Waals surface area contributed by atoms with Gasteiger partial charge < -0.3 is 14.7 Å². The SMILES string of the molecule is CC(C)CN(c1nc(NN)cn2ccnc12)C(C)C. The second kappa shape index (κ2) is 5.44. The molecular formula is C13H22N6. The van der Waals surface area contributed by atoms with E-state index < -0.39 is 0 Å². The van der Waals surface area contributed by atoms with E-state index in [9.17, 15) is 0 Å². The van der Waals surface area contributed by atoms with Crippen LogP contribution in [0, 0.1) is 5.92 Å². The first-order valence-electron chi connectivity index (χ1n) is 6.60. The molecule has 0 aromatic carbocycles. The minimum atomic E-state index is 0.350. The fraction of sp³-hybridized carbons (Fsp3) is 0.538. The molecule has 104 valence electrons. The molecular weight excluding hydrogens is 240 g/mol. The first kappa shape index (κ1) is 13.6. The van der Waals surface area contributed by atoms with Crippen LogP contribution in [0.25, 0.3) is 5.65 Å². The Hall–Kier alpha value is -1.82. The molecule has 0 saturated heterocycles. The highest BCUT2D eigenvalue weighted by Gasteiger charge is 2.18. The summed E-state index contributed by atoms with van der Waals surface area (Å²) < 4.78 is 1.94. The lowest BCUT2D eigenvalue weighted by Crippen LogP contribution is -2.35. The first-order chi connectivity index (χ1) is 9.02. The van der Waals surface area contributed by atoms with Crippen LogP contribution in [0.5, 0.6) is 0 Å². The van der Waals surface area contributed by atoms with Crippen LogP contribution in [0.15, 0.2) is 18.6 Å². The van der Waals surface area contributed by atoms with E-state index in [0.29, 0.717) is 17.8 Å². The van der Waals surface area contributed by atoms with Crippen molar-refractivity contribution in [2.75, 3.05) is 16.9 Å². The molecule has 0 radical (unpaired) electrons. The largest absolute Gasteiger partial charge is 0.351 e. The van der Waals surface area contributed by atoms with Crippen molar-refractivity contribution in [2.45, 2.75) is 33.7 Å². The zero-order valence-electron chi connectivity index (χ0n) is 12.0. The molecule has 2 rings (SSSR count). The molecule has 0 aliphatic rings. The number of nitrogen functional groups attached to an aromatic ring is 1. The normalized spacial score (nSPS) is 11.5. The fourth-order valence-corrected chi connectivity index (χ4v) is 2.11. The van der Waals surface area contributed by atoms with E-state index in [2.05, 4.69) is 48.0 Å². The molecule has 6 heteroatoms. The topological polar surface area (TPSA) is 71.5 Å². The van der Waals surface area contributed by atoms with Crippen LogP contribution < -0.4 is 16.2 Å². The second-order valence-corrected chi connectivity index (χ2v) is 5.39. The van der Waals surface area contributed by atoms with E-state index in [-0.39, 0.29) is 0 Å². The highest BCUT2D eigenvalue weighted by molar-refractivity contribution is 5.67. The Balaban J connectivity index is 2.53. The number of rotatable bonds is 5. The quantitative estimate of drug-likeness (QED) is 0.636. The summed E-state index contributed by atoms with van der Waals surface area (Å²) in [6.07, 6.45) is 5.50. The van der Waals surface area contributed by atoms with Crippen LogP contribution in [0.1, 0.15) is 27.7 Å². The molecule has 0 aliphatic heterocycles. The number of nitrogens with zero attached hydrogens (tertiary/aromatic N) is 4. The average molecular weight is 262 g/mol. The van der Waals surface area contributed by atoms with Crippen molar-refractivity contribution < 1.29 is 0 Å². The Morgan fingerprint density at radius 3 is 2.68 bits per heavy atom. The number of nitrogens with one attached hydrogen (secondary N) is 1. The zero-order valence-corrected chi connectivity index (χ0v) is 12.0. The molecule has 0 amide bonds. The van der Waals surface area contributed by atoms with Gasteiger partial charge in [-0.2, -0.15) is 0 Å². The standard InChI is InChI=1S/C13H22N6/c1-9(2)7-19(10(3)4)13-12-15-5-6-18(12)8-11(16-13)17-14/h5-6,8-10,17H,7,14H2,1-4H3. The van der Waals surface area contributed by atoms with Gasteiger partial charge in [0.1, 0.15) is 0 Å². The van der Waals surface area contributed by atoms with Crippen LogP contribution in [-0.4, -0.2) is 27.0 Å². The Morgan fingerprint density at radius 2 is 2.11 bits per heavy atom. The summed E-state index contributed by atoms with van der Waals surface area (Å²) in [5, 5.41) is 0. The Kier molecular flexibility index (Phi) is 3.90. The van der Waals surface area contributed by atoms with Gasteiger partial charge in [0.2, 0.25) is 0 Å². The van der Waals surface area contributed by atoms with Gasteiger partial charge in [0, 0.05) is 25.0 Å². The third-order valence-corrected chi connectivity index (χ3v) is 2.96. The summed E-state index contributed by atoms with van der Waals surface area (Å²) in [5.41, 5.74) is 3.46. The van der Waals surface area contributed by atoms with Gasteiger partial charge >= 0.3 is 0 Å². The van der Waals surface area contributed by atoms with E-state index >= 15 is 0 Å². The lowest BCUT2D eigenvalue weighted by Gasteiger charge is -2.30. The third kappa shape index (κ3) is 2.78. The molecule has 2 heterocycles. The lowest BCUT2D eigenvalue weighted by atomic mass is 10.2. The van der Waals surface area contributed by atoms with E-state index in [0.717, 1.165) is 18.0 Å². The van der Waals surface area contributed by atoms with Gasteiger partial charge in [-0.25, -0.2) is 15.8 Å². The highest BCUT2D eigenvalue weighted by atomic mass is 15.3. The Morgan fingerprint density at radius 1 is 1.37 bits per heavy atom. The van der Waals surface area contributed by atoms with Crippen LogP contribution in [-0.2, 0) is 0 Å². The molecule has 0 fully saturated rings. The number of anilines is 2. The van der Waals surface area contributed by atoms with Crippen molar-refractivity contribution in [1.29, 1.82) is 0 Å². The number of imidazole rings is 1. The molecule has 0 unspecified atom stereocenters. The van der Waals surface area contributed by atoms with E-state index in [1.54, 1.807) is 6.20 Å². The molecule has 2 aromatic heterocycles. The summed E-state index contributed by atoms with van der Waals surface area (Å²) in [5.74, 6) is 7.54. The van der Waals surface area contributed by atoms with Crippen molar-refractivity contribution in [1.82, 2.24) is 14.4 Å². The second-order valence-electron chi connectivity index (χ2n) is 5.39. The number of hydrogen-bond donors (Lipinski definition) is 2. The van der Waals surface area contributed by atoms with Crippen LogP contribution in [0.4, 0.5) is 11.6 Å². The van der Waals surface area contributed by atoms with Crippen LogP contribution >= 0.6 is 0 Å². The van der Waals surface area contributed by atoms with E-state index in [4.69, 9.17) is 5.84 Å². The summed E-state index contributed by atoms with van der Waals surface area (Å²) >= 11 is 0. The summed E-state index contributed by atoms with van der Waals surface area (Å²) in [6.45, 7) is 9.64. The Labute approximate surface area is 113 Å². The number of fused-ring (bicyclic) bond motifs is 1. The van der Waals surface area contributed by atoms with Crippen molar-refractivity contribution in [3.63, 3.8) is 0 Å². The molecule has 2 aromatic rings. The maximum Gasteiger partial charge on any atom is 0.180 e. The van der Waals surface area contributed by atoms with Gasteiger partial charge in [-0.05, 0) is 19.8 Å². The maximum atomic E-state index is 5.49. The third-order valence-electron chi connectivity index (χ3n) is 2.96. The van der Waals surface area contributed by atoms with Crippen molar-refractivity contribution in [3.8, 4) is 0 Å². The molecule has 0 atom stereocenters. The smallest absolute Gasteiger partial charge is 0.180 e. The monoisotopic (exact) mass is 262 g/mol. The molecule has 0 bridgehead atoms. The van der Waals surface area contributed by atoms with Gasteiger partial charge in [0.15, 0.2) is 17.3 Å². The van der Waals surface area contributed by atoms with Gasteiger partial charge in [-0.3, -0.25) is 0 Å². The van der Waals surface area contributed by atoms with Gasteiger partial charge in [-0.15, -0.1) is 0 Å². The minimum absolute atomic E-state index is 0.350. The highest BCUT2D eigenvalue weighted by Crippen LogP contribution is 2.23. The van der Waals surface area contributed by atoms with E-state index in [1.165, 1.54) is 0 Å². The van der Waals surface area contributed by atoms with Crippen molar-refractivity contribution >= 4 is 17.3 Å². The minimum Gasteiger partial charge on any atom is -0.351 e. The van der Waals surface area contributed by atoms with E-state index in [1.807, 2.05) is 16.8 Å². The average Bonchev–Trinajstić information content (AvgIpc) is 2.82. The first-order valence-corrected chi connectivity index (χ1v) is 6.60. The lowest BCUT2D eigenvalue weighted by molar-refractivity contribution is 0.566. The maximum absolute atomic E-state index is 5.49. The predicted octanol–water partition coefficient (Wildman–Crippen LogP) is 1.89. The Bertz CT molecular complexity index is 545. The molecule has 0 saturated carbocycles. The molecule has 6 nitrogen and oxygen atoms in total. The molecule has 19 heavy (non-hydrogen) atoms. The van der Waals surface area contributed by atoms with Crippen LogP contribution in [0.2, 0.25) is 0 Å². The fourth-order valence-electron chi connectivity index (χ4n) is 2.11. The van der Waals surface area contributed by atoms with Crippen molar-refractivity contribution in [3.05, 3.63) is 18.6 Å².